The largest absolute Gasteiger partial charge is 0.497 e. The van der Waals surface area contributed by atoms with E-state index in [1.807, 2.05) is 6.92 Å². The molecule has 1 N–H and O–H groups in total. The zero-order valence-electron chi connectivity index (χ0n) is 18.2. The lowest BCUT2D eigenvalue weighted by atomic mass is 10.1. The van der Waals surface area contributed by atoms with Gasteiger partial charge < -0.3 is 14.8 Å². The highest BCUT2D eigenvalue weighted by molar-refractivity contribution is 8.00. The summed E-state index contributed by atoms with van der Waals surface area (Å²) in [5, 5.41) is 6.41. The van der Waals surface area contributed by atoms with E-state index in [2.05, 4.69) is 51.9 Å². The maximum absolute atomic E-state index is 13.0. The fourth-order valence-electron chi connectivity index (χ4n) is 3.25. The lowest BCUT2D eigenvalue weighted by Crippen LogP contribution is -2.22. The van der Waals surface area contributed by atoms with E-state index < -0.39 is 5.25 Å². The van der Waals surface area contributed by atoms with Crippen molar-refractivity contribution in [3.63, 3.8) is 0 Å². The number of fused-ring (bicyclic) bond motifs is 1. The van der Waals surface area contributed by atoms with Crippen LogP contribution < -0.4 is 14.8 Å². The van der Waals surface area contributed by atoms with Gasteiger partial charge in [-0.25, -0.2) is 9.97 Å². The molecule has 2 heterocycles. The summed E-state index contributed by atoms with van der Waals surface area (Å²) in [5.74, 6) is 1.06. The van der Waals surface area contributed by atoms with E-state index in [4.69, 9.17) is 9.47 Å². The van der Waals surface area contributed by atoms with E-state index in [0.29, 0.717) is 17.2 Å². The molecule has 0 aliphatic carbocycles. The Morgan fingerprint density at radius 1 is 1.09 bits per heavy atom. The van der Waals surface area contributed by atoms with Crippen LogP contribution in [-0.2, 0) is 4.79 Å². The number of rotatable bonds is 7. The summed E-state index contributed by atoms with van der Waals surface area (Å²) in [6.45, 7) is 3.93. The number of methoxy groups -OCH3 is 2. The number of anilines is 1. The molecule has 6 nitrogen and oxygen atoms in total. The fourth-order valence-corrected chi connectivity index (χ4v) is 5.16. The van der Waals surface area contributed by atoms with Crippen molar-refractivity contribution in [1.82, 2.24) is 9.97 Å². The normalized spacial score (nSPS) is 11.9. The average Bonchev–Trinajstić information content (AvgIpc) is 3.24. The van der Waals surface area contributed by atoms with Crippen LogP contribution >= 0.6 is 23.1 Å². The summed E-state index contributed by atoms with van der Waals surface area (Å²) in [6.07, 6.45) is 1.55. The first-order valence-electron chi connectivity index (χ1n) is 9.99. The molecule has 2 aromatic heterocycles. The summed E-state index contributed by atoms with van der Waals surface area (Å²) in [6, 6.07) is 13.7. The van der Waals surface area contributed by atoms with Gasteiger partial charge >= 0.3 is 0 Å². The monoisotopic (exact) mass is 465 g/mol. The predicted octanol–water partition coefficient (Wildman–Crippen LogP) is 5.80. The highest BCUT2D eigenvalue weighted by Gasteiger charge is 2.21. The molecule has 1 unspecified atom stereocenters. The number of hydrogen-bond acceptors (Lipinski definition) is 7. The van der Waals surface area contributed by atoms with Crippen molar-refractivity contribution < 1.29 is 14.3 Å². The highest BCUT2D eigenvalue weighted by atomic mass is 32.2. The lowest BCUT2D eigenvalue weighted by Gasteiger charge is -2.15. The van der Waals surface area contributed by atoms with Gasteiger partial charge in [-0.2, -0.15) is 0 Å². The number of carbonyl (C=O) groups is 1. The van der Waals surface area contributed by atoms with Crippen LogP contribution in [0.2, 0.25) is 0 Å². The zero-order valence-corrected chi connectivity index (χ0v) is 19.8. The van der Waals surface area contributed by atoms with Gasteiger partial charge in [-0.05, 0) is 31.5 Å². The van der Waals surface area contributed by atoms with Gasteiger partial charge in [0.2, 0.25) is 5.91 Å². The van der Waals surface area contributed by atoms with Gasteiger partial charge in [-0.3, -0.25) is 4.79 Å². The Labute approximate surface area is 195 Å². The minimum atomic E-state index is -0.394. The molecule has 0 fully saturated rings. The van der Waals surface area contributed by atoms with Crippen LogP contribution in [0, 0.1) is 6.92 Å². The summed E-state index contributed by atoms with van der Waals surface area (Å²) in [5.41, 5.74) is 3.96. The molecule has 8 heteroatoms. The summed E-state index contributed by atoms with van der Waals surface area (Å²) in [7, 11) is 3.15. The maximum Gasteiger partial charge on any atom is 0.237 e. The zero-order chi connectivity index (χ0) is 22.7. The number of aromatic nitrogens is 2. The van der Waals surface area contributed by atoms with Crippen molar-refractivity contribution in [3.05, 3.63) is 59.7 Å². The number of ether oxygens (including phenoxy) is 2. The quantitative estimate of drug-likeness (QED) is 0.275. The number of nitrogens with one attached hydrogen (secondary N) is 1. The lowest BCUT2D eigenvalue weighted by molar-refractivity contribution is -0.115. The molecule has 32 heavy (non-hydrogen) atoms. The second-order valence-electron chi connectivity index (χ2n) is 7.19. The number of hydrogen-bond donors (Lipinski definition) is 1. The summed E-state index contributed by atoms with van der Waals surface area (Å²) in [4.78, 5) is 22.8. The molecule has 0 aliphatic heterocycles. The number of nitrogens with zero attached hydrogens (tertiary/aromatic N) is 2. The molecule has 0 radical (unpaired) electrons. The van der Waals surface area contributed by atoms with E-state index in [-0.39, 0.29) is 5.91 Å². The minimum absolute atomic E-state index is 0.152. The second-order valence-corrected chi connectivity index (χ2v) is 9.38. The Morgan fingerprint density at radius 3 is 2.59 bits per heavy atom. The smallest absolute Gasteiger partial charge is 0.237 e. The van der Waals surface area contributed by atoms with Crippen LogP contribution in [0.3, 0.4) is 0 Å². The SMILES string of the molecule is COc1ccc(OC)c(NC(=O)C(C)Sc2ncnc3scc(-c4ccc(C)cc4)c23)c1. The molecule has 0 saturated heterocycles. The Balaban J connectivity index is 1.60. The number of aryl methyl sites for hydroxylation is 1. The first-order chi connectivity index (χ1) is 15.5. The first kappa shape index (κ1) is 22.1. The first-order valence-corrected chi connectivity index (χ1v) is 11.7. The van der Waals surface area contributed by atoms with Gasteiger partial charge in [-0.15, -0.1) is 11.3 Å². The maximum atomic E-state index is 13.0. The molecule has 2 aromatic carbocycles. The Kier molecular flexibility index (Phi) is 6.62. The van der Waals surface area contributed by atoms with Crippen LogP contribution in [-0.4, -0.2) is 35.3 Å². The van der Waals surface area contributed by atoms with E-state index in [9.17, 15) is 4.79 Å². The van der Waals surface area contributed by atoms with Crippen molar-refractivity contribution in [3.8, 4) is 22.6 Å². The second kappa shape index (κ2) is 9.58. The van der Waals surface area contributed by atoms with Gasteiger partial charge in [0, 0.05) is 17.0 Å². The third kappa shape index (κ3) is 4.56. The molecule has 1 atom stereocenters. The molecule has 164 valence electrons. The van der Waals surface area contributed by atoms with Gasteiger partial charge in [0.1, 0.15) is 27.7 Å². The Morgan fingerprint density at radius 2 is 1.88 bits per heavy atom. The van der Waals surface area contributed by atoms with Crippen molar-refractivity contribution in [2.24, 2.45) is 0 Å². The van der Waals surface area contributed by atoms with Crippen LogP contribution in [0.5, 0.6) is 11.5 Å². The van der Waals surface area contributed by atoms with Crippen molar-refractivity contribution in [1.29, 1.82) is 0 Å². The van der Waals surface area contributed by atoms with Crippen molar-refractivity contribution in [2.45, 2.75) is 24.1 Å². The molecule has 0 bridgehead atoms. The number of carbonyl (C=O) groups excluding carboxylic acids is 1. The summed E-state index contributed by atoms with van der Waals surface area (Å²) < 4.78 is 10.6. The number of benzene rings is 2. The van der Waals surface area contributed by atoms with Crippen molar-refractivity contribution >= 4 is 44.9 Å². The van der Waals surface area contributed by atoms with Crippen LogP contribution in [0.25, 0.3) is 21.3 Å². The van der Waals surface area contributed by atoms with Crippen molar-refractivity contribution in [2.75, 3.05) is 19.5 Å². The third-order valence-electron chi connectivity index (χ3n) is 5.02. The van der Waals surface area contributed by atoms with Crippen LogP contribution in [0.4, 0.5) is 5.69 Å². The van der Waals surface area contributed by atoms with Gasteiger partial charge in [0.15, 0.2) is 0 Å². The average molecular weight is 466 g/mol. The van der Waals surface area contributed by atoms with E-state index in [1.165, 1.54) is 17.3 Å². The topological polar surface area (TPSA) is 73.3 Å². The number of thioether (sulfide) groups is 1. The van der Waals surface area contributed by atoms with E-state index >= 15 is 0 Å². The standard InChI is InChI=1S/C24H23N3O3S2/c1-14-5-7-16(8-6-14)18-12-31-23-21(18)24(26-13-25-23)32-15(2)22(28)27-19-11-17(29-3)9-10-20(19)30-4/h5-13,15H,1-4H3,(H,27,28). The van der Waals surface area contributed by atoms with Crippen LogP contribution in [0.15, 0.2) is 59.2 Å². The molecular formula is C24H23N3O3S2. The van der Waals surface area contributed by atoms with Gasteiger partial charge in [-0.1, -0.05) is 41.6 Å². The highest BCUT2D eigenvalue weighted by Crippen LogP contribution is 2.39. The molecule has 0 saturated carbocycles. The minimum Gasteiger partial charge on any atom is -0.497 e. The van der Waals surface area contributed by atoms with Crippen LogP contribution in [0.1, 0.15) is 12.5 Å². The number of amides is 1. The molecule has 1 amide bonds. The fraction of sp³-hybridized carbons (Fsp3) is 0.208. The van der Waals surface area contributed by atoms with E-state index in [0.717, 1.165) is 26.4 Å². The number of thiophene rings is 1. The molecule has 4 aromatic rings. The predicted molar refractivity (Wildman–Crippen MR) is 131 cm³/mol. The molecule has 0 spiro atoms. The molecular weight excluding hydrogens is 442 g/mol. The summed E-state index contributed by atoms with van der Waals surface area (Å²) >= 11 is 2.99. The van der Waals surface area contributed by atoms with E-state index in [1.54, 1.807) is 50.1 Å². The molecule has 0 aliphatic rings. The molecule has 4 rings (SSSR count). The van der Waals surface area contributed by atoms with Gasteiger partial charge in [0.25, 0.3) is 0 Å². The third-order valence-corrected chi connectivity index (χ3v) is 7.01. The Bertz CT molecular complexity index is 1260. The Hall–Kier alpha value is -3.10. The van der Waals surface area contributed by atoms with Gasteiger partial charge in [0.05, 0.1) is 30.5 Å².